The average Bonchev–Trinajstić information content (AvgIpc) is 2.11. The van der Waals surface area contributed by atoms with Gasteiger partial charge in [0, 0.05) is 0 Å². The van der Waals surface area contributed by atoms with Crippen molar-refractivity contribution in [2.45, 2.75) is 38.5 Å². The van der Waals surface area contributed by atoms with E-state index in [9.17, 15) is 0 Å². The molecular weight excluding hydrogens is 160 g/mol. The van der Waals surface area contributed by atoms with Crippen molar-refractivity contribution in [3.63, 3.8) is 0 Å². The maximum atomic E-state index is 3.50. The van der Waals surface area contributed by atoms with Gasteiger partial charge in [-0.1, -0.05) is 19.3 Å². The van der Waals surface area contributed by atoms with Crippen molar-refractivity contribution in [1.82, 2.24) is 10.2 Å². The standard InChI is InChI=1S/C11H24N2/c1-13-10-6-4-2-3-5-8-12-9-7-11-13/h12H,2-11H2,1H3. The predicted molar refractivity (Wildman–Crippen MR) is 58.1 cm³/mol. The first-order valence-electron chi connectivity index (χ1n) is 5.79. The molecule has 1 aliphatic heterocycles. The van der Waals surface area contributed by atoms with Crippen molar-refractivity contribution in [2.24, 2.45) is 0 Å². The van der Waals surface area contributed by atoms with Gasteiger partial charge in [-0.25, -0.2) is 0 Å². The van der Waals surface area contributed by atoms with E-state index in [0.29, 0.717) is 0 Å². The van der Waals surface area contributed by atoms with E-state index in [1.807, 2.05) is 0 Å². The van der Waals surface area contributed by atoms with E-state index < -0.39 is 0 Å². The maximum Gasteiger partial charge on any atom is -0.000969 e. The summed E-state index contributed by atoms with van der Waals surface area (Å²) in [5, 5.41) is 3.50. The largest absolute Gasteiger partial charge is 0.317 e. The molecule has 2 heteroatoms. The Morgan fingerprint density at radius 2 is 1.38 bits per heavy atom. The van der Waals surface area contributed by atoms with Crippen molar-refractivity contribution in [3.05, 3.63) is 0 Å². The summed E-state index contributed by atoms with van der Waals surface area (Å²) in [4.78, 5) is 2.46. The quantitative estimate of drug-likeness (QED) is 0.618. The third-order valence-electron chi connectivity index (χ3n) is 2.79. The van der Waals surface area contributed by atoms with E-state index in [4.69, 9.17) is 0 Å². The topological polar surface area (TPSA) is 15.3 Å². The lowest BCUT2D eigenvalue weighted by atomic mass is 10.1. The van der Waals surface area contributed by atoms with E-state index in [-0.39, 0.29) is 0 Å². The van der Waals surface area contributed by atoms with E-state index >= 15 is 0 Å². The van der Waals surface area contributed by atoms with Gasteiger partial charge < -0.3 is 10.2 Å². The van der Waals surface area contributed by atoms with Gasteiger partial charge in [0.2, 0.25) is 0 Å². The molecule has 0 amide bonds. The van der Waals surface area contributed by atoms with Gasteiger partial charge in [0.05, 0.1) is 0 Å². The Balaban J connectivity index is 2.11. The number of hydrogen-bond acceptors (Lipinski definition) is 2. The first-order valence-corrected chi connectivity index (χ1v) is 5.79. The summed E-state index contributed by atoms with van der Waals surface area (Å²) in [5.74, 6) is 0. The fourth-order valence-electron chi connectivity index (χ4n) is 1.87. The Hall–Kier alpha value is -0.0800. The Morgan fingerprint density at radius 3 is 2.31 bits per heavy atom. The van der Waals surface area contributed by atoms with Crippen LogP contribution in [0.15, 0.2) is 0 Å². The van der Waals surface area contributed by atoms with Crippen LogP contribution in [0.4, 0.5) is 0 Å². The molecule has 1 aliphatic rings. The van der Waals surface area contributed by atoms with Crippen LogP contribution in [0, 0.1) is 0 Å². The smallest absolute Gasteiger partial charge is 0.000969 e. The molecule has 1 N–H and O–H groups in total. The third-order valence-corrected chi connectivity index (χ3v) is 2.79. The molecule has 0 aromatic heterocycles. The minimum Gasteiger partial charge on any atom is -0.317 e. The Labute approximate surface area is 82.7 Å². The zero-order chi connectivity index (χ0) is 9.36. The number of hydrogen-bond donors (Lipinski definition) is 1. The molecule has 0 spiro atoms. The second-order valence-electron chi connectivity index (χ2n) is 4.17. The zero-order valence-corrected chi connectivity index (χ0v) is 9.02. The lowest BCUT2D eigenvalue weighted by Gasteiger charge is -2.17. The molecule has 0 radical (unpaired) electrons. The predicted octanol–water partition coefficient (Wildman–Crippen LogP) is 1.86. The monoisotopic (exact) mass is 184 g/mol. The van der Waals surface area contributed by atoms with Gasteiger partial charge in [0.1, 0.15) is 0 Å². The molecular formula is C11H24N2. The van der Waals surface area contributed by atoms with Gasteiger partial charge >= 0.3 is 0 Å². The molecule has 1 rings (SSSR count). The Kier molecular flexibility index (Phi) is 6.21. The molecule has 0 aliphatic carbocycles. The van der Waals surface area contributed by atoms with E-state index in [1.54, 1.807) is 0 Å². The van der Waals surface area contributed by atoms with Gasteiger partial charge in [0.15, 0.2) is 0 Å². The third kappa shape index (κ3) is 6.05. The minimum absolute atomic E-state index is 1.20. The molecule has 1 saturated heterocycles. The molecule has 0 aromatic carbocycles. The van der Waals surface area contributed by atoms with Crippen molar-refractivity contribution >= 4 is 0 Å². The van der Waals surface area contributed by atoms with Crippen LogP contribution in [0.25, 0.3) is 0 Å². The highest BCUT2D eigenvalue weighted by atomic mass is 15.1. The summed E-state index contributed by atoms with van der Waals surface area (Å²) < 4.78 is 0. The van der Waals surface area contributed by atoms with Gasteiger partial charge in [0.25, 0.3) is 0 Å². The van der Waals surface area contributed by atoms with Crippen LogP contribution in [0.5, 0.6) is 0 Å². The Morgan fingerprint density at radius 1 is 0.769 bits per heavy atom. The maximum absolute atomic E-state index is 3.50. The van der Waals surface area contributed by atoms with E-state index in [1.165, 1.54) is 64.7 Å². The number of nitrogens with zero attached hydrogens (tertiary/aromatic N) is 1. The highest BCUT2D eigenvalue weighted by Crippen LogP contribution is 2.04. The SMILES string of the molecule is CN1CCCCCCCNCCC1. The lowest BCUT2D eigenvalue weighted by Crippen LogP contribution is -2.26. The molecule has 1 fully saturated rings. The summed E-state index contributed by atoms with van der Waals surface area (Å²) in [6.45, 7) is 4.97. The first kappa shape index (κ1) is 11.0. The Bertz CT molecular complexity index is 103. The van der Waals surface area contributed by atoms with Gasteiger partial charge in [-0.15, -0.1) is 0 Å². The van der Waals surface area contributed by atoms with Crippen molar-refractivity contribution < 1.29 is 0 Å². The molecule has 1 heterocycles. The average molecular weight is 184 g/mol. The van der Waals surface area contributed by atoms with Crippen LogP contribution in [-0.4, -0.2) is 38.1 Å². The highest BCUT2D eigenvalue weighted by Gasteiger charge is 1.99. The van der Waals surface area contributed by atoms with Gasteiger partial charge in [-0.2, -0.15) is 0 Å². The van der Waals surface area contributed by atoms with Crippen molar-refractivity contribution in [2.75, 3.05) is 33.2 Å². The van der Waals surface area contributed by atoms with Crippen molar-refractivity contribution in [3.8, 4) is 0 Å². The zero-order valence-electron chi connectivity index (χ0n) is 9.02. The van der Waals surface area contributed by atoms with Gasteiger partial charge in [-0.3, -0.25) is 0 Å². The first-order chi connectivity index (χ1) is 6.39. The second kappa shape index (κ2) is 7.34. The van der Waals surface area contributed by atoms with Crippen LogP contribution >= 0.6 is 0 Å². The molecule has 0 bridgehead atoms. The summed E-state index contributed by atoms with van der Waals surface area (Å²) in [6.07, 6.45) is 8.33. The van der Waals surface area contributed by atoms with Crippen LogP contribution in [0.1, 0.15) is 38.5 Å². The summed E-state index contributed by atoms with van der Waals surface area (Å²) >= 11 is 0. The molecule has 78 valence electrons. The summed E-state index contributed by atoms with van der Waals surface area (Å²) in [5.41, 5.74) is 0. The van der Waals surface area contributed by atoms with Crippen molar-refractivity contribution in [1.29, 1.82) is 0 Å². The molecule has 0 saturated carbocycles. The van der Waals surface area contributed by atoms with Crippen LogP contribution in [-0.2, 0) is 0 Å². The summed E-state index contributed by atoms with van der Waals surface area (Å²) in [6, 6.07) is 0. The van der Waals surface area contributed by atoms with E-state index in [2.05, 4.69) is 17.3 Å². The molecule has 13 heavy (non-hydrogen) atoms. The molecule has 0 aromatic rings. The molecule has 2 nitrogen and oxygen atoms in total. The van der Waals surface area contributed by atoms with Crippen LogP contribution < -0.4 is 5.32 Å². The molecule has 0 unspecified atom stereocenters. The lowest BCUT2D eigenvalue weighted by molar-refractivity contribution is 0.314. The minimum atomic E-state index is 1.20. The normalized spacial score (nSPS) is 24.7. The fraction of sp³-hybridized carbons (Fsp3) is 1.00. The fourth-order valence-corrected chi connectivity index (χ4v) is 1.87. The number of nitrogens with one attached hydrogen (secondary N) is 1. The summed E-state index contributed by atoms with van der Waals surface area (Å²) in [7, 11) is 2.24. The number of rotatable bonds is 0. The van der Waals surface area contributed by atoms with Crippen LogP contribution in [0.2, 0.25) is 0 Å². The molecule has 0 atom stereocenters. The van der Waals surface area contributed by atoms with Crippen LogP contribution in [0.3, 0.4) is 0 Å². The van der Waals surface area contributed by atoms with Gasteiger partial charge in [-0.05, 0) is 52.5 Å². The second-order valence-corrected chi connectivity index (χ2v) is 4.17. The van der Waals surface area contributed by atoms with E-state index in [0.717, 1.165) is 0 Å². The highest BCUT2D eigenvalue weighted by molar-refractivity contribution is 4.57.